The van der Waals surface area contributed by atoms with Gasteiger partial charge in [0.25, 0.3) is 5.56 Å². The standard InChI is InChI=1S/C11H8Cl2N2O3/c1-5-9(16)14-11(18)15(10(5)17)8-4-6(12)2-3-7(8)13/h2-4,17H,1H3,(H,14,16,18). The lowest BCUT2D eigenvalue weighted by Crippen LogP contribution is -2.30. The SMILES string of the molecule is Cc1c(O)n(-c2cc(Cl)ccc2Cl)c(=O)[nH]c1=O. The fraction of sp³-hybridized carbons (Fsp3) is 0.0909. The maximum Gasteiger partial charge on any atom is 0.335 e. The average molecular weight is 287 g/mol. The topological polar surface area (TPSA) is 75.1 Å². The van der Waals surface area contributed by atoms with E-state index in [1.807, 2.05) is 0 Å². The van der Waals surface area contributed by atoms with E-state index in [-0.39, 0.29) is 16.3 Å². The molecule has 7 heteroatoms. The predicted octanol–water partition coefficient (Wildman–Crippen LogP) is 1.85. The van der Waals surface area contributed by atoms with Gasteiger partial charge in [-0.2, -0.15) is 0 Å². The molecule has 5 nitrogen and oxygen atoms in total. The average Bonchev–Trinajstić information content (AvgIpc) is 2.31. The van der Waals surface area contributed by atoms with Gasteiger partial charge in [-0.3, -0.25) is 9.78 Å². The van der Waals surface area contributed by atoms with Crippen LogP contribution < -0.4 is 11.2 Å². The number of H-pyrrole nitrogens is 1. The maximum absolute atomic E-state index is 11.7. The third-order valence-corrected chi connectivity index (χ3v) is 3.02. The summed E-state index contributed by atoms with van der Waals surface area (Å²) in [6.07, 6.45) is 0. The van der Waals surface area contributed by atoms with Crippen LogP contribution in [0.25, 0.3) is 5.69 Å². The molecule has 18 heavy (non-hydrogen) atoms. The van der Waals surface area contributed by atoms with Gasteiger partial charge in [0.1, 0.15) is 0 Å². The summed E-state index contributed by atoms with van der Waals surface area (Å²) in [5.74, 6) is -0.465. The van der Waals surface area contributed by atoms with E-state index in [4.69, 9.17) is 23.2 Å². The quantitative estimate of drug-likeness (QED) is 0.840. The van der Waals surface area contributed by atoms with E-state index in [1.54, 1.807) is 6.07 Å². The predicted molar refractivity (Wildman–Crippen MR) is 69.1 cm³/mol. The van der Waals surface area contributed by atoms with Crippen LogP contribution in [0.2, 0.25) is 10.0 Å². The van der Waals surface area contributed by atoms with Gasteiger partial charge < -0.3 is 5.11 Å². The number of aromatic hydroxyl groups is 1. The molecule has 0 aliphatic carbocycles. The Bertz CT molecular complexity index is 734. The van der Waals surface area contributed by atoms with E-state index in [2.05, 4.69) is 4.98 Å². The van der Waals surface area contributed by atoms with Gasteiger partial charge in [-0.05, 0) is 25.1 Å². The van der Waals surface area contributed by atoms with Crippen LogP contribution in [0.4, 0.5) is 0 Å². The number of aromatic nitrogens is 2. The van der Waals surface area contributed by atoms with Crippen molar-refractivity contribution in [3.05, 3.63) is 54.6 Å². The lowest BCUT2D eigenvalue weighted by Gasteiger charge is -2.11. The van der Waals surface area contributed by atoms with E-state index in [1.165, 1.54) is 19.1 Å². The Hall–Kier alpha value is -1.72. The van der Waals surface area contributed by atoms with E-state index in [9.17, 15) is 14.7 Å². The lowest BCUT2D eigenvalue weighted by molar-refractivity contribution is 0.426. The van der Waals surface area contributed by atoms with Crippen molar-refractivity contribution in [2.24, 2.45) is 0 Å². The fourth-order valence-electron chi connectivity index (χ4n) is 1.49. The number of aromatic amines is 1. The minimum absolute atomic E-state index is 0.0191. The smallest absolute Gasteiger partial charge is 0.335 e. The van der Waals surface area contributed by atoms with Crippen LogP contribution in [-0.2, 0) is 0 Å². The third-order valence-electron chi connectivity index (χ3n) is 2.46. The number of nitrogens with one attached hydrogen (secondary N) is 1. The molecule has 1 aromatic carbocycles. The molecule has 0 unspecified atom stereocenters. The molecule has 0 saturated heterocycles. The third kappa shape index (κ3) is 2.02. The van der Waals surface area contributed by atoms with Crippen molar-refractivity contribution in [2.75, 3.05) is 0 Å². The highest BCUT2D eigenvalue weighted by molar-refractivity contribution is 6.34. The van der Waals surface area contributed by atoms with E-state index >= 15 is 0 Å². The first-order chi connectivity index (χ1) is 8.41. The zero-order valence-electron chi connectivity index (χ0n) is 9.20. The Morgan fingerprint density at radius 2 is 1.94 bits per heavy atom. The number of hydrogen-bond acceptors (Lipinski definition) is 3. The van der Waals surface area contributed by atoms with Crippen molar-refractivity contribution in [2.45, 2.75) is 6.92 Å². The summed E-state index contributed by atoms with van der Waals surface area (Å²) in [5.41, 5.74) is -1.21. The summed E-state index contributed by atoms with van der Waals surface area (Å²) in [6.45, 7) is 1.39. The molecule has 1 aromatic heterocycles. The van der Waals surface area contributed by atoms with E-state index in [0.29, 0.717) is 5.02 Å². The van der Waals surface area contributed by atoms with Crippen molar-refractivity contribution >= 4 is 23.2 Å². The van der Waals surface area contributed by atoms with Crippen LogP contribution in [0.3, 0.4) is 0 Å². The second-order valence-corrected chi connectivity index (χ2v) is 4.48. The first-order valence-corrected chi connectivity index (χ1v) is 5.67. The molecule has 0 radical (unpaired) electrons. The summed E-state index contributed by atoms with van der Waals surface area (Å²) in [4.78, 5) is 25.1. The molecule has 0 aliphatic heterocycles. The number of benzene rings is 1. The molecule has 2 rings (SSSR count). The summed E-state index contributed by atoms with van der Waals surface area (Å²) < 4.78 is 0.894. The van der Waals surface area contributed by atoms with Crippen LogP contribution >= 0.6 is 23.2 Å². The van der Waals surface area contributed by atoms with Crippen LogP contribution in [0.15, 0.2) is 27.8 Å². The van der Waals surface area contributed by atoms with Gasteiger partial charge in [-0.25, -0.2) is 9.36 Å². The molecule has 0 atom stereocenters. The second-order valence-electron chi connectivity index (χ2n) is 3.64. The van der Waals surface area contributed by atoms with Gasteiger partial charge in [0.15, 0.2) is 0 Å². The zero-order valence-corrected chi connectivity index (χ0v) is 10.7. The van der Waals surface area contributed by atoms with Crippen LogP contribution in [-0.4, -0.2) is 14.7 Å². The molecule has 0 spiro atoms. The lowest BCUT2D eigenvalue weighted by atomic mass is 10.3. The highest BCUT2D eigenvalue weighted by atomic mass is 35.5. The largest absolute Gasteiger partial charge is 0.494 e. The van der Waals surface area contributed by atoms with Crippen molar-refractivity contribution in [3.63, 3.8) is 0 Å². The highest BCUT2D eigenvalue weighted by Gasteiger charge is 2.14. The monoisotopic (exact) mass is 286 g/mol. The van der Waals surface area contributed by atoms with Gasteiger partial charge >= 0.3 is 5.69 Å². The summed E-state index contributed by atoms with van der Waals surface area (Å²) in [7, 11) is 0. The number of hydrogen-bond donors (Lipinski definition) is 2. The zero-order chi connectivity index (χ0) is 13.4. The van der Waals surface area contributed by atoms with Crippen LogP contribution in [0.5, 0.6) is 5.88 Å². The van der Waals surface area contributed by atoms with Crippen molar-refractivity contribution in [1.29, 1.82) is 0 Å². The molecule has 2 aromatic rings. The van der Waals surface area contributed by atoms with Gasteiger partial charge in [-0.15, -0.1) is 0 Å². The number of nitrogens with zero attached hydrogens (tertiary/aromatic N) is 1. The molecule has 1 heterocycles. The summed E-state index contributed by atoms with van der Waals surface area (Å²) >= 11 is 11.8. The van der Waals surface area contributed by atoms with Crippen LogP contribution in [0.1, 0.15) is 5.56 Å². The van der Waals surface area contributed by atoms with Crippen molar-refractivity contribution in [3.8, 4) is 11.6 Å². The maximum atomic E-state index is 11.7. The van der Waals surface area contributed by atoms with E-state index in [0.717, 1.165) is 4.57 Å². The molecular formula is C11H8Cl2N2O3. The highest BCUT2D eigenvalue weighted by Crippen LogP contribution is 2.26. The Labute approximate surface area is 111 Å². The first-order valence-electron chi connectivity index (χ1n) is 4.92. The van der Waals surface area contributed by atoms with Crippen molar-refractivity contribution in [1.82, 2.24) is 9.55 Å². The Balaban J connectivity index is 2.88. The molecule has 0 aliphatic rings. The fourth-order valence-corrected chi connectivity index (χ4v) is 1.86. The Morgan fingerprint density at radius 1 is 1.28 bits per heavy atom. The summed E-state index contributed by atoms with van der Waals surface area (Å²) in [5, 5.41) is 10.4. The molecule has 0 saturated carbocycles. The first kappa shape index (κ1) is 12.7. The number of rotatable bonds is 1. The molecule has 94 valence electrons. The second kappa shape index (κ2) is 4.51. The molecular weight excluding hydrogens is 279 g/mol. The number of halogens is 2. The molecule has 0 fully saturated rings. The van der Waals surface area contributed by atoms with Gasteiger partial charge in [0, 0.05) is 5.02 Å². The van der Waals surface area contributed by atoms with Crippen LogP contribution in [0, 0.1) is 6.92 Å². The van der Waals surface area contributed by atoms with Gasteiger partial charge in [0.05, 0.1) is 16.3 Å². The van der Waals surface area contributed by atoms with Crippen molar-refractivity contribution < 1.29 is 5.11 Å². The Kier molecular flexibility index (Phi) is 3.19. The van der Waals surface area contributed by atoms with Gasteiger partial charge in [-0.1, -0.05) is 23.2 Å². The minimum atomic E-state index is -0.785. The minimum Gasteiger partial charge on any atom is -0.494 e. The Morgan fingerprint density at radius 3 is 2.61 bits per heavy atom. The molecule has 2 N–H and O–H groups in total. The molecule has 0 bridgehead atoms. The van der Waals surface area contributed by atoms with Gasteiger partial charge in [0.2, 0.25) is 5.88 Å². The normalized spacial score (nSPS) is 10.6. The summed E-state index contributed by atoms with van der Waals surface area (Å²) in [6, 6.07) is 4.46. The molecule has 0 amide bonds. The van der Waals surface area contributed by atoms with E-state index < -0.39 is 17.1 Å².